The van der Waals surface area contributed by atoms with E-state index in [4.69, 9.17) is 4.52 Å². The van der Waals surface area contributed by atoms with Crippen molar-refractivity contribution in [3.63, 3.8) is 0 Å². The second kappa shape index (κ2) is 6.37. The van der Waals surface area contributed by atoms with E-state index < -0.39 is 0 Å². The van der Waals surface area contributed by atoms with Crippen molar-refractivity contribution < 1.29 is 4.52 Å². The van der Waals surface area contributed by atoms with Gasteiger partial charge >= 0.3 is 0 Å². The molecule has 2 rings (SSSR count). The number of hydrogen-bond acceptors (Lipinski definition) is 6. The third-order valence-electron chi connectivity index (χ3n) is 2.62. The van der Waals surface area contributed by atoms with E-state index >= 15 is 0 Å². The van der Waals surface area contributed by atoms with Crippen LogP contribution in [-0.4, -0.2) is 46.5 Å². The number of rotatable bonds is 5. The molecular formula is C11H20N4OS. The van der Waals surface area contributed by atoms with Crippen molar-refractivity contribution in [2.45, 2.75) is 31.4 Å². The van der Waals surface area contributed by atoms with Crippen molar-refractivity contribution in [1.29, 1.82) is 0 Å². The Morgan fingerprint density at radius 1 is 1.41 bits per heavy atom. The summed E-state index contributed by atoms with van der Waals surface area (Å²) in [7, 11) is 0. The highest BCUT2D eigenvalue weighted by molar-refractivity contribution is 7.99. The maximum Gasteiger partial charge on any atom is 0.240 e. The lowest BCUT2D eigenvalue weighted by atomic mass is 10.3. The molecule has 1 saturated heterocycles. The van der Waals surface area contributed by atoms with Crippen LogP contribution in [0.15, 0.2) is 4.52 Å². The van der Waals surface area contributed by atoms with Gasteiger partial charge < -0.3 is 9.84 Å². The summed E-state index contributed by atoms with van der Waals surface area (Å²) in [6, 6.07) is 0. The first-order valence-electron chi connectivity index (χ1n) is 6.10. The van der Waals surface area contributed by atoms with Gasteiger partial charge in [-0.2, -0.15) is 16.7 Å². The number of thioether (sulfide) groups is 1. The number of nitrogens with zero attached hydrogens (tertiary/aromatic N) is 3. The molecule has 0 aromatic carbocycles. The van der Waals surface area contributed by atoms with Crippen LogP contribution in [0.5, 0.6) is 0 Å². The Hall–Kier alpha value is -0.590. The van der Waals surface area contributed by atoms with Crippen molar-refractivity contribution >= 4 is 11.8 Å². The normalized spacial score (nSPS) is 17.8. The summed E-state index contributed by atoms with van der Waals surface area (Å²) in [5.74, 6) is 2.39. The zero-order valence-corrected chi connectivity index (χ0v) is 11.3. The Morgan fingerprint density at radius 2 is 2.18 bits per heavy atom. The topological polar surface area (TPSA) is 54.2 Å². The maximum absolute atomic E-state index is 5.26. The maximum atomic E-state index is 5.26. The van der Waals surface area contributed by atoms with E-state index in [0.29, 0.717) is 5.25 Å². The summed E-state index contributed by atoms with van der Waals surface area (Å²) in [6.07, 6.45) is 0. The fourth-order valence-electron chi connectivity index (χ4n) is 1.71. The molecule has 17 heavy (non-hydrogen) atoms. The minimum atomic E-state index is 0.602. The predicted molar refractivity (Wildman–Crippen MR) is 68.9 cm³/mol. The molecule has 0 spiro atoms. The summed E-state index contributed by atoms with van der Waals surface area (Å²) in [5, 5.41) is 7.93. The van der Waals surface area contributed by atoms with Gasteiger partial charge in [0.1, 0.15) is 0 Å². The lowest BCUT2D eigenvalue weighted by molar-refractivity contribution is 0.203. The van der Waals surface area contributed by atoms with E-state index in [1.165, 1.54) is 0 Å². The lowest BCUT2D eigenvalue weighted by Crippen LogP contribution is -2.42. The van der Waals surface area contributed by atoms with Crippen molar-refractivity contribution in [2.75, 3.05) is 26.2 Å². The monoisotopic (exact) mass is 256 g/mol. The van der Waals surface area contributed by atoms with E-state index in [-0.39, 0.29) is 0 Å². The molecule has 2 heterocycles. The second-order valence-corrected chi connectivity index (χ2v) is 6.06. The molecular weight excluding hydrogens is 236 g/mol. The van der Waals surface area contributed by atoms with Crippen LogP contribution in [-0.2, 0) is 12.3 Å². The number of hydrogen-bond donors (Lipinski definition) is 1. The van der Waals surface area contributed by atoms with Crippen molar-refractivity contribution in [3.05, 3.63) is 11.7 Å². The molecule has 0 saturated carbocycles. The van der Waals surface area contributed by atoms with Gasteiger partial charge in [-0.1, -0.05) is 19.0 Å². The molecule has 1 N–H and O–H groups in total. The SMILES string of the molecule is CC(C)SCc1noc(CN2CCNCC2)n1. The van der Waals surface area contributed by atoms with Gasteiger partial charge in [0.25, 0.3) is 0 Å². The quantitative estimate of drug-likeness (QED) is 0.852. The minimum absolute atomic E-state index is 0.602. The summed E-state index contributed by atoms with van der Waals surface area (Å²) in [5.41, 5.74) is 0. The highest BCUT2D eigenvalue weighted by atomic mass is 32.2. The third-order valence-corrected chi connectivity index (χ3v) is 3.72. The highest BCUT2D eigenvalue weighted by Gasteiger charge is 2.14. The molecule has 0 unspecified atom stereocenters. The Morgan fingerprint density at radius 3 is 2.88 bits per heavy atom. The minimum Gasteiger partial charge on any atom is -0.338 e. The largest absolute Gasteiger partial charge is 0.338 e. The van der Waals surface area contributed by atoms with E-state index in [2.05, 4.69) is 34.2 Å². The van der Waals surface area contributed by atoms with Gasteiger partial charge in [0.15, 0.2) is 5.82 Å². The number of nitrogens with one attached hydrogen (secondary N) is 1. The highest BCUT2D eigenvalue weighted by Crippen LogP contribution is 2.15. The lowest BCUT2D eigenvalue weighted by Gasteiger charge is -2.25. The second-order valence-electron chi connectivity index (χ2n) is 4.49. The zero-order chi connectivity index (χ0) is 12.1. The van der Waals surface area contributed by atoms with Gasteiger partial charge in [0.2, 0.25) is 5.89 Å². The average Bonchev–Trinajstić information content (AvgIpc) is 2.75. The third kappa shape index (κ3) is 4.29. The first kappa shape index (κ1) is 12.9. The van der Waals surface area contributed by atoms with Crippen molar-refractivity contribution in [3.8, 4) is 0 Å². The molecule has 1 fully saturated rings. The first-order valence-corrected chi connectivity index (χ1v) is 7.15. The molecule has 6 heteroatoms. The summed E-state index contributed by atoms with van der Waals surface area (Å²) in [6.45, 7) is 9.32. The van der Waals surface area contributed by atoms with E-state index in [1.807, 2.05) is 11.8 Å². The molecule has 1 aliphatic heterocycles. The molecule has 0 aliphatic carbocycles. The van der Waals surface area contributed by atoms with Crippen LogP contribution in [0, 0.1) is 0 Å². The van der Waals surface area contributed by atoms with Crippen LogP contribution in [0.25, 0.3) is 0 Å². The van der Waals surface area contributed by atoms with Gasteiger partial charge in [-0.15, -0.1) is 0 Å². The molecule has 1 aromatic rings. The Kier molecular flexibility index (Phi) is 4.82. The number of piperazine rings is 1. The fourth-order valence-corrected chi connectivity index (χ4v) is 2.31. The zero-order valence-electron chi connectivity index (χ0n) is 10.5. The molecule has 5 nitrogen and oxygen atoms in total. The van der Waals surface area contributed by atoms with Crippen LogP contribution >= 0.6 is 11.8 Å². The van der Waals surface area contributed by atoms with E-state index in [1.54, 1.807) is 0 Å². The molecule has 1 aromatic heterocycles. The average molecular weight is 256 g/mol. The van der Waals surface area contributed by atoms with Gasteiger partial charge in [0, 0.05) is 26.2 Å². The van der Waals surface area contributed by atoms with Crippen LogP contribution in [0.3, 0.4) is 0 Å². The molecule has 96 valence electrons. The molecule has 1 aliphatic rings. The van der Waals surface area contributed by atoms with Gasteiger partial charge in [-0.05, 0) is 5.25 Å². The summed E-state index contributed by atoms with van der Waals surface area (Å²) >= 11 is 1.84. The van der Waals surface area contributed by atoms with Crippen LogP contribution in [0.1, 0.15) is 25.6 Å². The first-order chi connectivity index (χ1) is 8.24. The fraction of sp³-hybridized carbons (Fsp3) is 0.818. The Bertz CT molecular complexity index is 336. The van der Waals surface area contributed by atoms with Gasteiger partial charge in [-0.25, -0.2) is 0 Å². The van der Waals surface area contributed by atoms with Gasteiger partial charge in [0.05, 0.1) is 12.3 Å². The van der Waals surface area contributed by atoms with Crippen LogP contribution in [0.4, 0.5) is 0 Å². The molecule has 0 atom stereocenters. The van der Waals surface area contributed by atoms with Gasteiger partial charge in [-0.3, -0.25) is 4.90 Å². The Labute approximate surface area is 106 Å². The van der Waals surface area contributed by atoms with Crippen LogP contribution < -0.4 is 5.32 Å². The summed E-state index contributed by atoms with van der Waals surface area (Å²) in [4.78, 5) is 6.75. The molecule has 0 radical (unpaired) electrons. The number of aromatic nitrogens is 2. The van der Waals surface area contributed by atoms with Crippen LogP contribution in [0.2, 0.25) is 0 Å². The van der Waals surface area contributed by atoms with Crippen molar-refractivity contribution in [2.24, 2.45) is 0 Å². The van der Waals surface area contributed by atoms with E-state index in [0.717, 1.165) is 50.2 Å². The molecule has 0 amide bonds. The molecule has 0 bridgehead atoms. The predicted octanol–water partition coefficient (Wildman–Crippen LogP) is 1.12. The smallest absolute Gasteiger partial charge is 0.240 e. The van der Waals surface area contributed by atoms with E-state index in [9.17, 15) is 0 Å². The standard InChI is InChI=1S/C11H20N4OS/c1-9(2)17-8-10-13-11(16-14-10)7-15-5-3-12-4-6-15/h9,12H,3-8H2,1-2H3. The van der Waals surface area contributed by atoms with Crippen molar-refractivity contribution in [1.82, 2.24) is 20.4 Å². The summed E-state index contributed by atoms with van der Waals surface area (Å²) < 4.78 is 5.26. The Balaban J connectivity index is 1.80.